The smallest absolute Gasteiger partial charge is 0.323 e. The number of carboxylic acids is 2. The summed E-state index contributed by atoms with van der Waals surface area (Å²) < 4.78 is 27.2. The summed E-state index contributed by atoms with van der Waals surface area (Å²) in [6.07, 6.45) is 0. The highest BCUT2D eigenvalue weighted by molar-refractivity contribution is 9.10. The highest BCUT2D eigenvalue weighted by Gasteiger charge is 2.26. The van der Waals surface area contributed by atoms with Gasteiger partial charge in [-0.25, -0.2) is 8.78 Å². The van der Waals surface area contributed by atoms with E-state index >= 15 is 0 Å². The van der Waals surface area contributed by atoms with Crippen molar-refractivity contribution in [3.05, 3.63) is 33.8 Å². The predicted molar refractivity (Wildman–Crippen MR) is 65.2 cm³/mol. The summed E-state index contributed by atoms with van der Waals surface area (Å²) in [5, 5.41) is 17.2. The zero-order valence-electron chi connectivity index (χ0n) is 9.77. The first-order chi connectivity index (χ1) is 9.22. The number of amides is 1. The minimum absolute atomic E-state index is 0.0482. The molecule has 0 bridgehead atoms. The maximum absolute atomic E-state index is 13.6. The van der Waals surface area contributed by atoms with Crippen LogP contribution in [-0.2, 0) is 9.59 Å². The number of nitrogens with zero attached hydrogens (tertiary/aromatic N) is 1. The Bertz CT molecular complexity index is 539. The van der Waals surface area contributed by atoms with Crippen LogP contribution < -0.4 is 0 Å². The van der Waals surface area contributed by atoms with Crippen molar-refractivity contribution >= 4 is 33.8 Å². The number of halogens is 3. The zero-order valence-corrected chi connectivity index (χ0v) is 11.4. The molecule has 108 valence electrons. The molecule has 1 aromatic carbocycles. The van der Waals surface area contributed by atoms with E-state index < -0.39 is 48.1 Å². The first-order valence-corrected chi connectivity index (χ1v) is 5.89. The molecule has 6 nitrogen and oxygen atoms in total. The van der Waals surface area contributed by atoms with E-state index in [0.29, 0.717) is 4.90 Å². The fourth-order valence-electron chi connectivity index (χ4n) is 1.43. The topological polar surface area (TPSA) is 94.9 Å². The average molecular weight is 352 g/mol. The molecule has 0 atom stereocenters. The lowest BCUT2D eigenvalue weighted by molar-refractivity contribution is -0.140. The molecular weight excluding hydrogens is 344 g/mol. The van der Waals surface area contributed by atoms with E-state index in [1.54, 1.807) is 0 Å². The molecule has 0 unspecified atom stereocenters. The first-order valence-electron chi connectivity index (χ1n) is 5.09. The van der Waals surface area contributed by atoms with Gasteiger partial charge < -0.3 is 15.1 Å². The van der Waals surface area contributed by atoms with Gasteiger partial charge in [0.2, 0.25) is 0 Å². The van der Waals surface area contributed by atoms with Gasteiger partial charge >= 0.3 is 11.9 Å². The van der Waals surface area contributed by atoms with Gasteiger partial charge in [-0.3, -0.25) is 14.4 Å². The van der Waals surface area contributed by atoms with Gasteiger partial charge in [0.15, 0.2) is 0 Å². The number of rotatable bonds is 5. The van der Waals surface area contributed by atoms with Gasteiger partial charge in [-0.15, -0.1) is 0 Å². The summed E-state index contributed by atoms with van der Waals surface area (Å²) in [5.41, 5.74) is -1.00. The summed E-state index contributed by atoms with van der Waals surface area (Å²) in [5.74, 6) is -6.79. The molecule has 1 rings (SSSR count). The fourth-order valence-corrected chi connectivity index (χ4v) is 1.83. The van der Waals surface area contributed by atoms with Crippen LogP contribution in [0.3, 0.4) is 0 Å². The average Bonchev–Trinajstić information content (AvgIpc) is 2.24. The van der Waals surface area contributed by atoms with E-state index in [4.69, 9.17) is 10.2 Å². The molecule has 0 heterocycles. The minimum Gasteiger partial charge on any atom is -0.480 e. The van der Waals surface area contributed by atoms with Crippen molar-refractivity contribution in [3.8, 4) is 0 Å². The number of hydrogen-bond donors (Lipinski definition) is 2. The molecule has 2 N–H and O–H groups in total. The van der Waals surface area contributed by atoms with Crippen molar-refractivity contribution in [1.82, 2.24) is 4.90 Å². The van der Waals surface area contributed by atoms with Crippen LogP contribution in [0.25, 0.3) is 0 Å². The lowest BCUT2D eigenvalue weighted by atomic mass is 10.1. The second-order valence-corrected chi connectivity index (χ2v) is 4.61. The molecule has 0 radical (unpaired) electrons. The summed E-state index contributed by atoms with van der Waals surface area (Å²) in [4.78, 5) is 33.3. The second-order valence-electron chi connectivity index (χ2n) is 3.69. The van der Waals surface area contributed by atoms with Crippen LogP contribution >= 0.6 is 15.9 Å². The number of carbonyl (C=O) groups excluding carboxylic acids is 1. The van der Waals surface area contributed by atoms with Crippen molar-refractivity contribution in [1.29, 1.82) is 0 Å². The highest BCUT2D eigenvalue weighted by Crippen LogP contribution is 2.20. The van der Waals surface area contributed by atoms with Crippen molar-refractivity contribution in [2.75, 3.05) is 13.1 Å². The quantitative estimate of drug-likeness (QED) is 0.834. The van der Waals surface area contributed by atoms with E-state index in [9.17, 15) is 23.2 Å². The van der Waals surface area contributed by atoms with Crippen LogP contribution in [0.1, 0.15) is 10.4 Å². The van der Waals surface area contributed by atoms with Gasteiger partial charge in [-0.2, -0.15) is 0 Å². The summed E-state index contributed by atoms with van der Waals surface area (Å²) in [7, 11) is 0. The molecule has 0 aliphatic carbocycles. The van der Waals surface area contributed by atoms with Crippen LogP contribution in [0.4, 0.5) is 8.78 Å². The summed E-state index contributed by atoms with van der Waals surface area (Å²) in [6, 6.07) is 1.63. The lowest BCUT2D eigenvalue weighted by Crippen LogP contribution is -2.40. The number of carbonyl (C=O) groups is 3. The lowest BCUT2D eigenvalue weighted by Gasteiger charge is -2.19. The van der Waals surface area contributed by atoms with E-state index in [2.05, 4.69) is 15.9 Å². The molecule has 0 spiro atoms. The Morgan fingerprint density at radius 2 is 1.45 bits per heavy atom. The van der Waals surface area contributed by atoms with E-state index in [0.717, 1.165) is 12.1 Å². The van der Waals surface area contributed by atoms with Crippen LogP contribution in [-0.4, -0.2) is 46.0 Å². The van der Waals surface area contributed by atoms with E-state index in [-0.39, 0.29) is 4.47 Å². The summed E-state index contributed by atoms with van der Waals surface area (Å²) in [6.45, 7) is -1.97. The molecule has 0 saturated heterocycles. The Kier molecular flexibility index (Phi) is 5.14. The molecule has 0 aliphatic rings. The molecule has 0 aromatic heterocycles. The summed E-state index contributed by atoms with van der Waals surface area (Å²) >= 11 is 2.82. The minimum atomic E-state index is -1.50. The van der Waals surface area contributed by atoms with Gasteiger partial charge in [-0.1, -0.05) is 15.9 Å². The Morgan fingerprint density at radius 1 is 1.05 bits per heavy atom. The molecule has 20 heavy (non-hydrogen) atoms. The fraction of sp³-hybridized carbons (Fsp3) is 0.182. The first kappa shape index (κ1) is 16.0. The maximum Gasteiger partial charge on any atom is 0.323 e. The van der Waals surface area contributed by atoms with Crippen LogP contribution in [0.2, 0.25) is 0 Å². The standard InChI is InChI=1S/C11H8BrF2NO5/c12-5-1-6(13)10(7(14)2-5)11(20)15(3-8(16)17)4-9(18)19/h1-2H,3-4H2,(H,16,17)(H,18,19). The largest absolute Gasteiger partial charge is 0.480 e. The van der Waals surface area contributed by atoms with Gasteiger partial charge in [-0.05, 0) is 12.1 Å². The van der Waals surface area contributed by atoms with Crippen molar-refractivity contribution in [2.45, 2.75) is 0 Å². The molecule has 1 aromatic rings. The molecule has 0 aliphatic heterocycles. The third-order valence-corrected chi connectivity index (χ3v) is 2.62. The van der Waals surface area contributed by atoms with Crippen LogP contribution in [0.15, 0.2) is 16.6 Å². The van der Waals surface area contributed by atoms with Gasteiger partial charge in [0.05, 0.1) is 0 Å². The molecular formula is C11H8BrF2NO5. The zero-order chi connectivity index (χ0) is 15.4. The molecule has 1 amide bonds. The predicted octanol–water partition coefficient (Wildman–Crippen LogP) is 1.34. The third-order valence-electron chi connectivity index (χ3n) is 2.16. The number of hydrogen-bond acceptors (Lipinski definition) is 3. The van der Waals surface area contributed by atoms with E-state index in [1.807, 2.05) is 0 Å². The molecule has 0 fully saturated rings. The number of carboxylic acid groups (broad SMARTS) is 2. The Hall–Kier alpha value is -2.03. The van der Waals surface area contributed by atoms with Crippen molar-refractivity contribution < 1.29 is 33.4 Å². The van der Waals surface area contributed by atoms with Crippen molar-refractivity contribution in [3.63, 3.8) is 0 Å². The van der Waals surface area contributed by atoms with Crippen LogP contribution in [0, 0.1) is 11.6 Å². The monoisotopic (exact) mass is 351 g/mol. The Labute approximate surface area is 119 Å². The van der Waals surface area contributed by atoms with Gasteiger partial charge in [0, 0.05) is 4.47 Å². The second kappa shape index (κ2) is 6.42. The number of aliphatic carboxylic acids is 2. The Morgan fingerprint density at radius 3 is 1.80 bits per heavy atom. The Balaban J connectivity index is 3.18. The number of benzene rings is 1. The van der Waals surface area contributed by atoms with Gasteiger partial charge in [0.25, 0.3) is 5.91 Å². The third kappa shape index (κ3) is 3.98. The van der Waals surface area contributed by atoms with Crippen LogP contribution in [0.5, 0.6) is 0 Å². The molecule has 9 heteroatoms. The van der Waals surface area contributed by atoms with Gasteiger partial charge in [0.1, 0.15) is 30.3 Å². The SMILES string of the molecule is O=C(O)CN(CC(=O)O)C(=O)c1c(F)cc(Br)cc1F. The van der Waals surface area contributed by atoms with Crippen molar-refractivity contribution in [2.24, 2.45) is 0 Å². The molecule has 0 saturated carbocycles. The normalized spacial score (nSPS) is 10.2. The highest BCUT2D eigenvalue weighted by atomic mass is 79.9. The maximum atomic E-state index is 13.6. The van der Waals surface area contributed by atoms with E-state index in [1.165, 1.54) is 0 Å².